The van der Waals surface area contributed by atoms with Crippen molar-refractivity contribution in [1.29, 1.82) is 0 Å². The number of hydrogen-bond acceptors (Lipinski definition) is 8. The Labute approximate surface area is 335 Å². The van der Waals surface area contributed by atoms with E-state index in [4.69, 9.17) is 40.5 Å². The number of alkyl halides is 1. The zero-order valence-corrected chi connectivity index (χ0v) is 33.5. The highest BCUT2D eigenvalue weighted by atomic mass is 35.5. The van der Waals surface area contributed by atoms with Gasteiger partial charge in [-0.05, 0) is 48.8 Å². The van der Waals surface area contributed by atoms with E-state index < -0.39 is 90.0 Å². The summed E-state index contributed by atoms with van der Waals surface area (Å²) in [6, 6.07) is -2.02. The van der Waals surface area contributed by atoms with Crippen LogP contribution in [0.3, 0.4) is 0 Å². The van der Waals surface area contributed by atoms with Gasteiger partial charge in [-0.2, -0.15) is 0 Å². The highest BCUT2D eigenvalue weighted by Gasteiger charge is 2.34. The van der Waals surface area contributed by atoms with E-state index in [-0.39, 0.29) is 54.0 Å². The van der Waals surface area contributed by atoms with Crippen LogP contribution in [-0.4, -0.2) is 95.1 Å². The fraction of sp³-hybridized carbons (Fsp3) is 0.611. The van der Waals surface area contributed by atoms with Gasteiger partial charge >= 0.3 is 5.97 Å². The Bertz CT molecular complexity index is 1540. The molecular formula is C36H52Cl3N7O9. The normalized spacial score (nSPS) is 15.7. The lowest BCUT2D eigenvalue weighted by molar-refractivity contribution is -0.142. The van der Waals surface area contributed by atoms with Gasteiger partial charge in [0, 0.05) is 26.3 Å². The maximum absolute atomic E-state index is 14.0. The van der Waals surface area contributed by atoms with Gasteiger partial charge in [0.2, 0.25) is 41.4 Å². The predicted molar refractivity (Wildman–Crippen MR) is 206 cm³/mol. The van der Waals surface area contributed by atoms with Crippen LogP contribution in [-0.2, 0) is 44.8 Å². The number of aliphatic carboxylic acids is 1. The Morgan fingerprint density at radius 2 is 1.35 bits per heavy atom. The molecule has 16 nitrogen and oxygen atoms in total. The summed E-state index contributed by atoms with van der Waals surface area (Å²) in [5.41, 5.74) is 5.74. The fourth-order valence-corrected chi connectivity index (χ4v) is 6.57. The van der Waals surface area contributed by atoms with Crippen molar-refractivity contribution >= 4 is 82.1 Å². The lowest BCUT2D eigenvalue weighted by Gasteiger charge is -2.30. The van der Waals surface area contributed by atoms with Crippen molar-refractivity contribution in [3.8, 4) is 0 Å². The number of carboxylic acid groups (broad SMARTS) is 1. The predicted octanol–water partition coefficient (Wildman–Crippen LogP) is 1.70. The molecule has 55 heavy (non-hydrogen) atoms. The Morgan fingerprint density at radius 3 is 1.91 bits per heavy atom. The number of rotatable bonds is 22. The van der Waals surface area contributed by atoms with Crippen molar-refractivity contribution in [1.82, 2.24) is 31.9 Å². The van der Waals surface area contributed by atoms with Crippen molar-refractivity contribution in [2.24, 2.45) is 17.6 Å². The molecule has 0 heterocycles. The van der Waals surface area contributed by atoms with Gasteiger partial charge in [0.25, 0.3) is 0 Å². The second kappa shape index (κ2) is 23.7. The molecule has 1 fully saturated rings. The number of halogens is 3. The molecular weight excluding hydrogens is 781 g/mol. The van der Waals surface area contributed by atoms with Crippen LogP contribution in [0.1, 0.15) is 84.1 Å². The first-order chi connectivity index (χ1) is 25.9. The molecule has 0 bridgehead atoms. The van der Waals surface area contributed by atoms with E-state index in [1.54, 1.807) is 19.9 Å². The minimum Gasteiger partial charge on any atom is -0.480 e. The first-order valence-corrected chi connectivity index (χ1v) is 19.4. The van der Waals surface area contributed by atoms with E-state index in [2.05, 4.69) is 31.9 Å². The molecule has 306 valence electrons. The first-order valence-electron chi connectivity index (χ1n) is 18.2. The summed E-state index contributed by atoms with van der Waals surface area (Å²) in [5.74, 6) is -7.04. The molecule has 0 spiro atoms. The van der Waals surface area contributed by atoms with Gasteiger partial charge in [-0.15, -0.1) is 11.6 Å². The maximum Gasteiger partial charge on any atom is 0.326 e. The molecule has 0 unspecified atom stereocenters. The summed E-state index contributed by atoms with van der Waals surface area (Å²) in [6.45, 7) is 4.31. The number of carbonyl (C=O) groups is 8. The van der Waals surface area contributed by atoms with Crippen LogP contribution in [0, 0.1) is 11.8 Å². The summed E-state index contributed by atoms with van der Waals surface area (Å²) < 4.78 is 0. The number of hydrogen-bond donors (Lipinski definition) is 8. The van der Waals surface area contributed by atoms with Crippen molar-refractivity contribution in [2.75, 3.05) is 12.4 Å². The van der Waals surface area contributed by atoms with Crippen LogP contribution in [0.4, 0.5) is 0 Å². The van der Waals surface area contributed by atoms with E-state index in [0.717, 1.165) is 32.1 Å². The smallest absolute Gasteiger partial charge is 0.326 e. The fourth-order valence-electron chi connectivity index (χ4n) is 6.16. The van der Waals surface area contributed by atoms with Gasteiger partial charge < -0.3 is 42.7 Å². The molecule has 1 aromatic rings. The summed E-state index contributed by atoms with van der Waals surface area (Å²) in [4.78, 5) is 102. The van der Waals surface area contributed by atoms with Gasteiger partial charge in [0.15, 0.2) is 0 Å². The minimum absolute atomic E-state index is 0.0445. The Kier molecular flexibility index (Phi) is 20.3. The lowest BCUT2D eigenvalue weighted by Crippen LogP contribution is -2.61. The SMILES string of the molecule is CC(=O)N[C@@H](CCC(N)=O)C(=O)N[C@@H](CC1CCCCC1)C(=O)N[C@@H](CNC(=O)CCl)C(=O)N[C@@H](CC(C)C)C(=O)N[C@@H](Cc1ccc(Cl)c(Cl)c1)C(=O)O. The summed E-state index contributed by atoms with van der Waals surface area (Å²) in [5, 5.41) is 25.6. The monoisotopic (exact) mass is 831 g/mol. The molecule has 2 rings (SSSR count). The molecule has 0 aromatic heterocycles. The second-order valence-electron chi connectivity index (χ2n) is 14.1. The number of carboxylic acids is 1. The van der Waals surface area contributed by atoms with Crippen LogP contribution in [0.25, 0.3) is 0 Å². The zero-order valence-electron chi connectivity index (χ0n) is 31.2. The number of primary amides is 1. The average molecular weight is 833 g/mol. The van der Waals surface area contributed by atoms with E-state index >= 15 is 0 Å². The second-order valence-corrected chi connectivity index (χ2v) is 15.2. The number of carbonyl (C=O) groups excluding carboxylic acids is 7. The molecule has 9 N–H and O–H groups in total. The molecule has 5 atom stereocenters. The summed E-state index contributed by atoms with van der Waals surface area (Å²) in [6.07, 6.45) is 4.23. The molecule has 0 radical (unpaired) electrons. The van der Waals surface area contributed by atoms with E-state index in [1.807, 2.05) is 0 Å². The van der Waals surface area contributed by atoms with Gasteiger partial charge in [-0.3, -0.25) is 33.6 Å². The van der Waals surface area contributed by atoms with Crippen molar-refractivity contribution < 1.29 is 43.5 Å². The van der Waals surface area contributed by atoms with Gasteiger partial charge in [0.1, 0.15) is 36.1 Å². The number of amides is 7. The zero-order chi connectivity index (χ0) is 41.2. The molecule has 0 saturated heterocycles. The molecule has 7 amide bonds. The average Bonchev–Trinajstić information content (AvgIpc) is 3.11. The van der Waals surface area contributed by atoms with Crippen molar-refractivity contribution in [2.45, 2.75) is 115 Å². The van der Waals surface area contributed by atoms with Crippen molar-refractivity contribution in [3.63, 3.8) is 0 Å². The van der Waals surface area contributed by atoms with Crippen LogP contribution in [0.5, 0.6) is 0 Å². The Hall–Kier alpha value is -4.15. The van der Waals surface area contributed by atoms with E-state index in [1.165, 1.54) is 19.1 Å². The van der Waals surface area contributed by atoms with Crippen LogP contribution >= 0.6 is 34.8 Å². The van der Waals surface area contributed by atoms with Crippen LogP contribution < -0.4 is 37.6 Å². The highest BCUT2D eigenvalue weighted by molar-refractivity contribution is 6.42. The molecule has 1 saturated carbocycles. The van der Waals surface area contributed by atoms with Gasteiger partial charge in [-0.25, -0.2) is 4.79 Å². The van der Waals surface area contributed by atoms with Crippen LogP contribution in [0.2, 0.25) is 10.0 Å². The lowest BCUT2D eigenvalue weighted by atomic mass is 9.84. The number of benzene rings is 1. The number of nitrogens with one attached hydrogen (secondary N) is 6. The molecule has 0 aliphatic heterocycles. The molecule has 1 aromatic carbocycles. The van der Waals surface area contributed by atoms with Crippen molar-refractivity contribution in [3.05, 3.63) is 33.8 Å². The van der Waals surface area contributed by atoms with Gasteiger partial charge in [0.05, 0.1) is 10.0 Å². The van der Waals surface area contributed by atoms with Crippen LogP contribution in [0.15, 0.2) is 18.2 Å². The summed E-state index contributed by atoms with van der Waals surface area (Å²) in [7, 11) is 0. The minimum atomic E-state index is -1.49. The van der Waals surface area contributed by atoms with Gasteiger partial charge in [-0.1, -0.05) is 75.2 Å². The highest BCUT2D eigenvalue weighted by Crippen LogP contribution is 2.28. The van der Waals surface area contributed by atoms with E-state index in [9.17, 15) is 43.5 Å². The largest absolute Gasteiger partial charge is 0.480 e. The number of nitrogens with two attached hydrogens (primary N) is 1. The quantitative estimate of drug-likeness (QED) is 0.0791. The topological polar surface area (TPSA) is 255 Å². The maximum atomic E-state index is 14.0. The Balaban J connectivity index is 2.36. The Morgan fingerprint density at radius 1 is 0.782 bits per heavy atom. The molecule has 19 heteroatoms. The summed E-state index contributed by atoms with van der Waals surface area (Å²) >= 11 is 17.7. The molecule has 1 aliphatic carbocycles. The molecule has 1 aliphatic rings. The first kappa shape index (κ1) is 47.0. The van der Waals surface area contributed by atoms with E-state index in [0.29, 0.717) is 5.56 Å². The third-order valence-electron chi connectivity index (χ3n) is 8.94. The third-order valence-corrected chi connectivity index (χ3v) is 9.92. The third kappa shape index (κ3) is 17.5. The standard InChI is InChI=1S/C36H52Cl3N7O9/c1-19(2)13-26(33(51)45-28(36(54)55)16-22-9-10-23(38)24(39)14-22)43-35(53)29(18-41-31(49)17-37)46-34(52)27(15-21-7-5-4-6-8-21)44-32(50)25(42-20(3)47)11-12-30(40)48/h9-10,14,19,21,25-29H,4-8,11-13,15-18H2,1-3H3,(H2,40,48)(H,41,49)(H,42,47)(H,43,53)(H,44,50)(H,45,51)(H,46,52)(H,54,55)/t25-,26-,27-,28-,29-/m0/s1.